The van der Waals surface area contributed by atoms with E-state index in [2.05, 4.69) is 42.1 Å². The molecule has 6 aliphatic rings. The van der Waals surface area contributed by atoms with Crippen molar-refractivity contribution in [1.82, 2.24) is 9.80 Å². The minimum absolute atomic E-state index is 0.00643. The minimum atomic E-state index is -0.433. The van der Waals surface area contributed by atoms with Gasteiger partial charge in [-0.2, -0.15) is 0 Å². The van der Waals surface area contributed by atoms with Gasteiger partial charge in [-0.1, -0.05) is 36.4 Å². The lowest BCUT2D eigenvalue weighted by Crippen LogP contribution is -2.45. The summed E-state index contributed by atoms with van der Waals surface area (Å²) in [6.07, 6.45) is 8.67. The fourth-order valence-electron chi connectivity index (χ4n) is 8.66. The lowest BCUT2D eigenvalue weighted by atomic mass is 9.65. The molecule has 2 aromatic rings. The number of rotatable bonds is 2. The average molecular weight is 577 g/mol. The molecule has 226 valence electrons. The maximum absolute atomic E-state index is 10.0. The summed E-state index contributed by atoms with van der Waals surface area (Å²) >= 11 is 0. The fourth-order valence-corrected chi connectivity index (χ4v) is 8.66. The third-order valence-electron chi connectivity index (χ3n) is 10.9. The van der Waals surface area contributed by atoms with Crippen LogP contribution in [0.2, 0.25) is 0 Å². The van der Waals surface area contributed by atoms with Crippen molar-refractivity contribution in [2.75, 3.05) is 27.2 Å². The first kappa shape index (κ1) is 28.3. The predicted molar refractivity (Wildman–Crippen MR) is 158 cm³/mol. The quantitative estimate of drug-likeness (QED) is 0.405. The van der Waals surface area contributed by atoms with E-state index < -0.39 is 6.10 Å². The van der Waals surface area contributed by atoms with Crippen LogP contribution in [0.15, 0.2) is 36.4 Å². The van der Waals surface area contributed by atoms with Crippen molar-refractivity contribution >= 4 is 0 Å². The molecule has 0 amide bonds. The van der Waals surface area contributed by atoms with E-state index in [0.29, 0.717) is 12.8 Å². The van der Waals surface area contributed by atoms with Crippen LogP contribution >= 0.6 is 0 Å². The number of nitrogens with zero attached hydrogens (tertiary/aromatic N) is 2. The number of ether oxygens (including phenoxy) is 2. The summed E-state index contributed by atoms with van der Waals surface area (Å²) in [4.78, 5) is 4.70. The highest BCUT2D eigenvalue weighted by atomic mass is 16.5. The van der Waals surface area contributed by atoms with Crippen molar-refractivity contribution < 1.29 is 29.9 Å². The summed E-state index contributed by atoms with van der Waals surface area (Å²) in [6.45, 7) is 3.91. The van der Waals surface area contributed by atoms with E-state index in [4.69, 9.17) is 9.47 Å². The molecule has 0 saturated heterocycles. The Bertz CT molecular complexity index is 1390. The topological polar surface area (TPSA) is 106 Å². The summed E-state index contributed by atoms with van der Waals surface area (Å²) in [5.41, 5.74) is 6.84. The van der Waals surface area contributed by atoms with Gasteiger partial charge in [0.25, 0.3) is 0 Å². The first-order valence-corrected chi connectivity index (χ1v) is 15.6. The van der Waals surface area contributed by atoms with E-state index in [9.17, 15) is 20.4 Å². The molecule has 1 saturated carbocycles. The molecule has 8 heteroatoms. The van der Waals surface area contributed by atoms with E-state index in [0.717, 1.165) is 74.5 Å². The average Bonchev–Trinajstić information content (AvgIpc) is 3.38. The second-order valence-electron chi connectivity index (χ2n) is 13.5. The molecule has 8 rings (SSSR count). The Morgan fingerprint density at radius 2 is 1.40 bits per heavy atom. The molecule has 1 fully saturated rings. The van der Waals surface area contributed by atoms with Gasteiger partial charge >= 0.3 is 0 Å². The van der Waals surface area contributed by atoms with Gasteiger partial charge in [0.2, 0.25) is 0 Å². The molecule has 4 unspecified atom stereocenters. The smallest absolute Gasteiger partial charge is 0.129 e. The Hall–Kier alpha value is -2.46. The predicted octanol–water partition coefficient (Wildman–Crippen LogP) is 2.89. The summed E-state index contributed by atoms with van der Waals surface area (Å²) in [7, 11) is 4.30. The van der Waals surface area contributed by atoms with Crippen LogP contribution in [0.4, 0.5) is 0 Å². The number of benzene rings is 2. The molecule has 4 heterocycles. The van der Waals surface area contributed by atoms with Crippen molar-refractivity contribution in [3.63, 3.8) is 0 Å². The van der Waals surface area contributed by atoms with E-state index in [-0.39, 0.29) is 42.4 Å². The third kappa shape index (κ3) is 4.33. The van der Waals surface area contributed by atoms with E-state index in [1.54, 1.807) is 0 Å². The highest BCUT2D eigenvalue weighted by Gasteiger charge is 2.54. The number of hydrogen-bond acceptors (Lipinski definition) is 8. The van der Waals surface area contributed by atoms with Gasteiger partial charge in [0.15, 0.2) is 0 Å². The second kappa shape index (κ2) is 10.6. The number of hydrogen-bond donors (Lipinski definition) is 4. The van der Waals surface area contributed by atoms with Gasteiger partial charge < -0.3 is 39.7 Å². The van der Waals surface area contributed by atoms with Gasteiger partial charge in [0, 0.05) is 53.6 Å². The van der Waals surface area contributed by atoms with Crippen LogP contribution in [-0.2, 0) is 37.1 Å². The zero-order valence-electron chi connectivity index (χ0n) is 24.8. The van der Waals surface area contributed by atoms with Gasteiger partial charge in [-0.25, -0.2) is 0 Å². The SMILES string of the molecule is CN1CC[C@@]23C=CC(O)CC2Oc2c(CO)ccc(c23)C1.CN1CC[C@@]23CCC(O)CC2Oc2c(CO)ccc(c23)C1. The van der Waals surface area contributed by atoms with Crippen molar-refractivity contribution in [3.05, 3.63) is 69.8 Å². The monoisotopic (exact) mass is 576 g/mol. The molecular formula is C34H44N2O6. The molecule has 6 atom stereocenters. The van der Waals surface area contributed by atoms with Crippen molar-refractivity contribution in [3.8, 4) is 11.5 Å². The van der Waals surface area contributed by atoms with Gasteiger partial charge in [0.05, 0.1) is 30.8 Å². The van der Waals surface area contributed by atoms with E-state index >= 15 is 0 Å². The molecule has 4 N–H and O–H groups in total. The molecule has 8 nitrogen and oxygen atoms in total. The maximum Gasteiger partial charge on any atom is 0.129 e. The van der Waals surface area contributed by atoms with Gasteiger partial charge in [-0.15, -0.1) is 0 Å². The number of aliphatic hydroxyl groups is 4. The molecule has 2 aliphatic carbocycles. The Morgan fingerprint density at radius 3 is 2.10 bits per heavy atom. The molecule has 0 radical (unpaired) electrons. The maximum atomic E-state index is 10.0. The normalized spacial score (nSPS) is 34.4. The van der Waals surface area contributed by atoms with E-state index in [1.807, 2.05) is 18.2 Å². The summed E-state index contributed by atoms with van der Waals surface area (Å²) in [6, 6.07) is 8.25. The van der Waals surface area contributed by atoms with Crippen LogP contribution < -0.4 is 9.47 Å². The molecule has 2 aromatic carbocycles. The lowest BCUT2D eigenvalue weighted by molar-refractivity contribution is 0.0121. The minimum Gasteiger partial charge on any atom is -0.489 e. The van der Waals surface area contributed by atoms with Crippen LogP contribution in [0, 0.1) is 0 Å². The van der Waals surface area contributed by atoms with Crippen molar-refractivity contribution in [2.45, 2.75) is 100 Å². The third-order valence-corrected chi connectivity index (χ3v) is 10.9. The zero-order valence-corrected chi connectivity index (χ0v) is 24.8. The first-order valence-electron chi connectivity index (χ1n) is 15.6. The Morgan fingerprint density at radius 1 is 0.786 bits per heavy atom. The van der Waals surface area contributed by atoms with Crippen molar-refractivity contribution in [1.29, 1.82) is 0 Å². The number of aliphatic hydroxyl groups excluding tert-OH is 4. The highest BCUT2D eigenvalue weighted by Crippen LogP contribution is 2.56. The van der Waals surface area contributed by atoms with Gasteiger partial charge in [-0.05, 0) is 64.0 Å². The molecule has 42 heavy (non-hydrogen) atoms. The van der Waals surface area contributed by atoms with Gasteiger partial charge in [0.1, 0.15) is 23.7 Å². The van der Waals surface area contributed by atoms with E-state index in [1.165, 1.54) is 22.3 Å². The second-order valence-corrected chi connectivity index (χ2v) is 13.5. The van der Waals surface area contributed by atoms with Gasteiger partial charge in [-0.3, -0.25) is 0 Å². The first-order chi connectivity index (χ1) is 20.3. The van der Waals surface area contributed by atoms with Crippen LogP contribution in [0.3, 0.4) is 0 Å². The van der Waals surface area contributed by atoms with Crippen molar-refractivity contribution in [2.24, 2.45) is 0 Å². The Labute approximate surface area is 248 Å². The highest BCUT2D eigenvalue weighted by molar-refractivity contribution is 5.58. The van der Waals surface area contributed by atoms with Crippen LogP contribution in [0.5, 0.6) is 11.5 Å². The van der Waals surface area contributed by atoms with Crippen LogP contribution in [0.1, 0.15) is 71.9 Å². The molecule has 2 spiro atoms. The Kier molecular flexibility index (Phi) is 7.16. The van der Waals surface area contributed by atoms with Crippen LogP contribution in [-0.4, -0.2) is 81.8 Å². The molecular weight excluding hydrogens is 532 g/mol. The Balaban J connectivity index is 0.000000137. The lowest BCUT2D eigenvalue weighted by Gasteiger charge is -2.40. The standard InChI is InChI=1S/C17H23NO3.C17H21NO3/c2*1-18-7-6-17-5-4-13(20)8-14(17)21-16-12(10-19)3-2-11(9-18)15(16)17/h2-3,13-14,19-20H,4-10H2,1H3;2-5,13-14,19-20H,6-10H2,1H3/t2*13?,14?,17-/m00/s1. The molecule has 4 aliphatic heterocycles. The van der Waals surface area contributed by atoms with Crippen LogP contribution in [0.25, 0.3) is 0 Å². The largest absolute Gasteiger partial charge is 0.489 e. The summed E-state index contributed by atoms with van der Waals surface area (Å²) in [5, 5.41) is 39.2. The fraction of sp³-hybridized carbons (Fsp3) is 0.588. The summed E-state index contributed by atoms with van der Waals surface area (Å²) in [5.74, 6) is 1.76. The molecule has 0 aromatic heterocycles. The summed E-state index contributed by atoms with van der Waals surface area (Å²) < 4.78 is 12.5. The molecule has 0 bridgehead atoms. The zero-order chi connectivity index (χ0) is 29.2.